The third-order valence-corrected chi connectivity index (χ3v) is 2.05. The molecule has 94 valence electrons. The van der Waals surface area contributed by atoms with Gasteiger partial charge in [-0.25, -0.2) is 0 Å². The Bertz CT molecular complexity index is 497. The van der Waals surface area contributed by atoms with E-state index in [0.29, 0.717) is 0 Å². The van der Waals surface area contributed by atoms with Gasteiger partial charge in [-0.3, -0.25) is 14.4 Å². The van der Waals surface area contributed by atoms with Crippen molar-refractivity contribution < 1.29 is 14.4 Å². The summed E-state index contributed by atoms with van der Waals surface area (Å²) in [5.41, 5.74) is 5.48. The predicted octanol–water partition coefficient (Wildman–Crippen LogP) is 0.0262. The van der Waals surface area contributed by atoms with E-state index in [9.17, 15) is 14.4 Å². The Morgan fingerprint density at radius 1 is 1.22 bits per heavy atom. The number of carbonyl (C=O) groups excluding carboxylic acids is 3. The minimum atomic E-state index is -0.870. The molecule has 0 fully saturated rings. The SMILES string of the molecule is C=CCNC(=O)C(=O)Nc1ccccc1C(N)=O. The van der Waals surface area contributed by atoms with Crippen molar-refractivity contribution in [3.05, 3.63) is 42.5 Å². The number of rotatable bonds is 4. The van der Waals surface area contributed by atoms with E-state index in [2.05, 4.69) is 17.2 Å². The topological polar surface area (TPSA) is 101 Å². The predicted molar refractivity (Wildman–Crippen MR) is 66.8 cm³/mol. The van der Waals surface area contributed by atoms with Crippen molar-refractivity contribution in [2.45, 2.75) is 0 Å². The zero-order valence-electron chi connectivity index (χ0n) is 9.60. The number of amides is 3. The first-order valence-corrected chi connectivity index (χ1v) is 5.15. The Morgan fingerprint density at radius 2 is 1.89 bits per heavy atom. The molecule has 0 saturated heterocycles. The van der Waals surface area contributed by atoms with Crippen molar-refractivity contribution in [2.75, 3.05) is 11.9 Å². The van der Waals surface area contributed by atoms with Gasteiger partial charge in [0.15, 0.2) is 0 Å². The number of nitrogens with two attached hydrogens (primary N) is 1. The molecule has 0 bridgehead atoms. The smallest absolute Gasteiger partial charge is 0.313 e. The molecule has 6 nitrogen and oxygen atoms in total. The second-order valence-electron chi connectivity index (χ2n) is 3.36. The van der Waals surface area contributed by atoms with E-state index in [1.165, 1.54) is 18.2 Å². The maximum atomic E-state index is 11.5. The molecule has 3 amide bonds. The van der Waals surface area contributed by atoms with Gasteiger partial charge in [0.2, 0.25) is 0 Å². The van der Waals surface area contributed by atoms with Crippen LogP contribution in [0, 0.1) is 0 Å². The van der Waals surface area contributed by atoms with Gasteiger partial charge in [-0.1, -0.05) is 18.2 Å². The maximum Gasteiger partial charge on any atom is 0.313 e. The highest BCUT2D eigenvalue weighted by Crippen LogP contribution is 2.13. The lowest BCUT2D eigenvalue weighted by Crippen LogP contribution is -2.35. The zero-order valence-corrected chi connectivity index (χ0v) is 9.60. The van der Waals surface area contributed by atoms with Crippen LogP contribution in [0.25, 0.3) is 0 Å². The highest BCUT2D eigenvalue weighted by Gasteiger charge is 2.15. The number of para-hydroxylation sites is 1. The first kappa shape index (κ1) is 13.4. The van der Waals surface area contributed by atoms with Crippen molar-refractivity contribution >= 4 is 23.4 Å². The Hall–Kier alpha value is -2.63. The van der Waals surface area contributed by atoms with Crippen molar-refractivity contribution in [3.8, 4) is 0 Å². The van der Waals surface area contributed by atoms with Crippen molar-refractivity contribution in [3.63, 3.8) is 0 Å². The summed E-state index contributed by atoms with van der Waals surface area (Å²) in [7, 11) is 0. The third-order valence-electron chi connectivity index (χ3n) is 2.05. The molecule has 0 aliphatic rings. The number of nitrogens with one attached hydrogen (secondary N) is 2. The van der Waals surface area contributed by atoms with E-state index in [1.807, 2.05) is 0 Å². The van der Waals surface area contributed by atoms with Crippen LogP contribution in [-0.4, -0.2) is 24.3 Å². The summed E-state index contributed by atoms with van der Waals surface area (Å²) >= 11 is 0. The van der Waals surface area contributed by atoms with Gasteiger partial charge in [0.05, 0.1) is 11.3 Å². The average Bonchev–Trinajstić information content (AvgIpc) is 2.36. The standard InChI is InChI=1S/C12H13N3O3/c1-2-7-14-11(17)12(18)15-9-6-4-3-5-8(9)10(13)16/h2-6H,1,7H2,(H2,13,16)(H,14,17)(H,15,18). The molecule has 1 rings (SSSR count). The number of hydrogen-bond donors (Lipinski definition) is 3. The number of carbonyl (C=O) groups is 3. The summed E-state index contributed by atoms with van der Waals surface area (Å²) in [6.07, 6.45) is 1.45. The third kappa shape index (κ3) is 3.44. The van der Waals surface area contributed by atoms with Crippen LogP contribution in [0.2, 0.25) is 0 Å². The molecule has 0 radical (unpaired) electrons. The number of hydrogen-bond acceptors (Lipinski definition) is 3. The van der Waals surface area contributed by atoms with Gasteiger partial charge in [0, 0.05) is 6.54 Å². The molecule has 18 heavy (non-hydrogen) atoms. The van der Waals surface area contributed by atoms with Crippen LogP contribution in [0.3, 0.4) is 0 Å². The van der Waals surface area contributed by atoms with Crippen LogP contribution in [0.5, 0.6) is 0 Å². The van der Waals surface area contributed by atoms with Gasteiger partial charge in [0.25, 0.3) is 5.91 Å². The number of benzene rings is 1. The lowest BCUT2D eigenvalue weighted by molar-refractivity contribution is -0.136. The fourth-order valence-corrected chi connectivity index (χ4v) is 1.23. The van der Waals surface area contributed by atoms with Crippen LogP contribution in [0.4, 0.5) is 5.69 Å². The highest BCUT2D eigenvalue weighted by atomic mass is 16.2. The van der Waals surface area contributed by atoms with E-state index < -0.39 is 17.7 Å². The molecule has 0 atom stereocenters. The van der Waals surface area contributed by atoms with Crippen LogP contribution < -0.4 is 16.4 Å². The summed E-state index contributed by atoms with van der Waals surface area (Å²) in [6, 6.07) is 6.16. The van der Waals surface area contributed by atoms with E-state index in [0.717, 1.165) is 0 Å². The van der Waals surface area contributed by atoms with E-state index in [4.69, 9.17) is 5.73 Å². The lowest BCUT2D eigenvalue weighted by Gasteiger charge is -2.08. The fourth-order valence-electron chi connectivity index (χ4n) is 1.23. The van der Waals surface area contributed by atoms with Crippen molar-refractivity contribution in [1.82, 2.24) is 5.32 Å². The summed E-state index contributed by atoms with van der Waals surface area (Å²) in [4.78, 5) is 33.9. The summed E-state index contributed by atoms with van der Waals surface area (Å²) in [5.74, 6) is -2.36. The molecule has 1 aromatic carbocycles. The summed E-state index contributed by atoms with van der Waals surface area (Å²) < 4.78 is 0. The quantitative estimate of drug-likeness (QED) is 0.516. The zero-order chi connectivity index (χ0) is 13.5. The molecular weight excluding hydrogens is 234 g/mol. The summed E-state index contributed by atoms with van der Waals surface area (Å²) in [5, 5.41) is 4.63. The minimum absolute atomic E-state index is 0.141. The molecule has 0 aliphatic heterocycles. The Kier molecular flexibility index (Phi) is 4.62. The van der Waals surface area contributed by atoms with Gasteiger partial charge in [0.1, 0.15) is 0 Å². The molecule has 0 heterocycles. The molecule has 0 unspecified atom stereocenters. The molecule has 1 aromatic rings. The van der Waals surface area contributed by atoms with Gasteiger partial charge in [-0.15, -0.1) is 6.58 Å². The molecule has 4 N–H and O–H groups in total. The van der Waals surface area contributed by atoms with Crippen LogP contribution in [0.15, 0.2) is 36.9 Å². The van der Waals surface area contributed by atoms with Crippen molar-refractivity contribution in [1.29, 1.82) is 0 Å². The number of primary amides is 1. The molecule has 0 spiro atoms. The van der Waals surface area contributed by atoms with Crippen LogP contribution in [-0.2, 0) is 9.59 Å². The van der Waals surface area contributed by atoms with E-state index in [1.54, 1.807) is 12.1 Å². The van der Waals surface area contributed by atoms with Crippen molar-refractivity contribution in [2.24, 2.45) is 5.73 Å². The molecule has 0 saturated carbocycles. The van der Waals surface area contributed by atoms with E-state index in [-0.39, 0.29) is 17.8 Å². The van der Waals surface area contributed by atoms with Crippen LogP contribution >= 0.6 is 0 Å². The van der Waals surface area contributed by atoms with Gasteiger partial charge in [-0.05, 0) is 12.1 Å². The fraction of sp³-hybridized carbons (Fsp3) is 0.0833. The largest absolute Gasteiger partial charge is 0.366 e. The second kappa shape index (κ2) is 6.19. The van der Waals surface area contributed by atoms with Gasteiger partial charge < -0.3 is 16.4 Å². The highest BCUT2D eigenvalue weighted by molar-refractivity contribution is 6.40. The van der Waals surface area contributed by atoms with Gasteiger partial charge in [-0.2, -0.15) is 0 Å². The average molecular weight is 247 g/mol. The second-order valence-corrected chi connectivity index (χ2v) is 3.36. The van der Waals surface area contributed by atoms with E-state index >= 15 is 0 Å². The normalized spacial score (nSPS) is 9.33. The molecule has 6 heteroatoms. The van der Waals surface area contributed by atoms with Gasteiger partial charge >= 0.3 is 11.8 Å². The monoisotopic (exact) mass is 247 g/mol. The summed E-state index contributed by atoms with van der Waals surface area (Å²) in [6.45, 7) is 3.59. The molecule has 0 aromatic heterocycles. The molecule has 0 aliphatic carbocycles. The molecular formula is C12H13N3O3. The Morgan fingerprint density at radius 3 is 2.50 bits per heavy atom. The maximum absolute atomic E-state index is 11.5. The van der Waals surface area contributed by atoms with Crippen LogP contribution in [0.1, 0.15) is 10.4 Å². The Labute approximate surface area is 104 Å². The first-order chi connectivity index (χ1) is 8.56. The number of anilines is 1. The first-order valence-electron chi connectivity index (χ1n) is 5.15. The lowest BCUT2D eigenvalue weighted by atomic mass is 10.1. The minimum Gasteiger partial charge on any atom is -0.366 e. The Balaban J connectivity index is 2.78.